The molecule has 0 unspecified atom stereocenters. The molecule has 1 aromatic heterocycles. The average molecular weight is 300 g/mol. The van der Waals surface area contributed by atoms with Crippen LogP contribution in [0, 0.1) is 24.7 Å². The summed E-state index contributed by atoms with van der Waals surface area (Å²) in [6.07, 6.45) is 6.06. The van der Waals surface area contributed by atoms with Crippen molar-refractivity contribution in [1.29, 1.82) is 0 Å². The van der Waals surface area contributed by atoms with Crippen LogP contribution in [0.1, 0.15) is 37.1 Å². The topological polar surface area (TPSA) is 42.0 Å². The van der Waals surface area contributed by atoms with Gasteiger partial charge in [-0.05, 0) is 62.1 Å². The second-order valence-electron chi connectivity index (χ2n) is 6.60. The standard InChI is InChI=1S/C17H20N2OS/c1-10-18-15-5-4-14(9-16(15)21-10)19-17(20)8-13-7-11-2-3-12(13)6-11/h4-5,9,11-13H,2-3,6-8H2,1H3,(H,19,20)/t11-,12-,13+/m0/s1. The van der Waals surface area contributed by atoms with Crippen molar-refractivity contribution in [3.63, 3.8) is 0 Å². The molecule has 0 spiro atoms. The third-order valence-electron chi connectivity index (χ3n) is 5.11. The molecule has 0 saturated heterocycles. The van der Waals surface area contributed by atoms with Crippen molar-refractivity contribution in [3.8, 4) is 0 Å². The van der Waals surface area contributed by atoms with Crippen LogP contribution in [0.4, 0.5) is 5.69 Å². The van der Waals surface area contributed by atoms with Crippen LogP contribution in [0.2, 0.25) is 0 Å². The lowest BCUT2D eigenvalue weighted by atomic mass is 9.86. The molecule has 2 bridgehead atoms. The molecule has 0 radical (unpaired) electrons. The van der Waals surface area contributed by atoms with Crippen LogP contribution >= 0.6 is 11.3 Å². The number of benzene rings is 1. The number of hydrogen-bond donors (Lipinski definition) is 1. The summed E-state index contributed by atoms with van der Waals surface area (Å²) in [5.74, 6) is 2.52. The summed E-state index contributed by atoms with van der Waals surface area (Å²) in [4.78, 5) is 16.7. The zero-order valence-corrected chi connectivity index (χ0v) is 13.1. The van der Waals surface area contributed by atoms with E-state index in [4.69, 9.17) is 0 Å². The molecular formula is C17H20N2OS. The fourth-order valence-corrected chi connectivity index (χ4v) is 5.06. The summed E-state index contributed by atoms with van der Waals surface area (Å²) < 4.78 is 1.14. The van der Waals surface area contributed by atoms with Crippen molar-refractivity contribution in [2.75, 3.05) is 5.32 Å². The fraction of sp³-hybridized carbons (Fsp3) is 0.529. The largest absolute Gasteiger partial charge is 0.326 e. The van der Waals surface area contributed by atoms with Gasteiger partial charge in [-0.15, -0.1) is 11.3 Å². The van der Waals surface area contributed by atoms with Crippen LogP contribution in [-0.4, -0.2) is 10.9 Å². The van der Waals surface area contributed by atoms with E-state index in [2.05, 4.69) is 10.3 Å². The van der Waals surface area contributed by atoms with Crippen molar-refractivity contribution in [2.45, 2.75) is 39.0 Å². The first kappa shape index (κ1) is 13.3. The number of thiazole rings is 1. The highest BCUT2D eigenvalue weighted by atomic mass is 32.1. The molecular weight excluding hydrogens is 280 g/mol. The number of carbonyl (C=O) groups is 1. The van der Waals surface area contributed by atoms with Crippen LogP contribution in [0.5, 0.6) is 0 Å². The monoisotopic (exact) mass is 300 g/mol. The summed E-state index contributed by atoms with van der Waals surface area (Å²) in [5.41, 5.74) is 1.92. The SMILES string of the molecule is Cc1nc2ccc(NC(=O)C[C@H]3C[C@H]4CC[C@H]3C4)cc2s1. The maximum Gasteiger partial charge on any atom is 0.224 e. The van der Waals surface area contributed by atoms with E-state index in [1.807, 2.05) is 25.1 Å². The molecule has 4 rings (SSSR count). The third-order valence-corrected chi connectivity index (χ3v) is 6.04. The van der Waals surface area contributed by atoms with Crippen molar-refractivity contribution in [2.24, 2.45) is 17.8 Å². The minimum absolute atomic E-state index is 0.174. The van der Waals surface area contributed by atoms with E-state index in [-0.39, 0.29) is 5.91 Å². The number of nitrogens with one attached hydrogen (secondary N) is 1. The van der Waals surface area contributed by atoms with E-state index in [1.165, 1.54) is 25.7 Å². The van der Waals surface area contributed by atoms with Crippen LogP contribution < -0.4 is 5.32 Å². The number of amides is 1. The molecule has 3 atom stereocenters. The zero-order valence-electron chi connectivity index (χ0n) is 12.3. The maximum absolute atomic E-state index is 12.3. The Kier molecular flexibility index (Phi) is 3.21. The predicted molar refractivity (Wildman–Crippen MR) is 86.5 cm³/mol. The van der Waals surface area contributed by atoms with Gasteiger partial charge in [0.05, 0.1) is 15.2 Å². The second kappa shape index (κ2) is 5.09. The predicted octanol–water partition coefficient (Wildman–Crippen LogP) is 4.37. The van der Waals surface area contributed by atoms with Gasteiger partial charge in [-0.25, -0.2) is 4.98 Å². The van der Waals surface area contributed by atoms with E-state index in [1.54, 1.807) is 11.3 Å². The van der Waals surface area contributed by atoms with Crippen LogP contribution in [0.3, 0.4) is 0 Å². The van der Waals surface area contributed by atoms with Gasteiger partial charge in [0.15, 0.2) is 0 Å². The Bertz CT molecular complexity index is 693. The number of aryl methyl sites for hydroxylation is 1. The summed E-state index contributed by atoms with van der Waals surface area (Å²) in [5, 5.41) is 4.13. The molecule has 1 N–H and O–H groups in total. The fourth-order valence-electron chi connectivity index (χ4n) is 4.19. The molecule has 1 heterocycles. The first-order valence-corrected chi connectivity index (χ1v) is 8.66. The van der Waals surface area contributed by atoms with Gasteiger partial charge in [0.2, 0.25) is 5.91 Å². The maximum atomic E-state index is 12.3. The van der Waals surface area contributed by atoms with E-state index in [0.29, 0.717) is 12.3 Å². The number of rotatable bonds is 3. The van der Waals surface area contributed by atoms with Crippen LogP contribution in [-0.2, 0) is 4.79 Å². The lowest BCUT2D eigenvalue weighted by Gasteiger charge is -2.20. The Balaban J connectivity index is 1.43. The molecule has 1 amide bonds. The number of nitrogens with zero attached hydrogens (tertiary/aromatic N) is 1. The van der Waals surface area contributed by atoms with E-state index in [0.717, 1.165) is 32.7 Å². The summed E-state index contributed by atoms with van der Waals surface area (Å²) in [6.45, 7) is 2.01. The number of fused-ring (bicyclic) bond motifs is 3. The summed E-state index contributed by atoms with van der Waals surface area (Å²) in [7, 11) is 0. The number of aromatic nitrogens is 1. The normalized spacial score (nSPS) is 27.4. The zero-order chi connectivity index (χ0) is 14.4. The number of anilines is 1. The molecule has 4 heteroatoms. The van der Waals surface area contributed by atoms with E-state index < -0.39 is 0 Å². The highest BCUT2D eigenvalue weighted by molar-refractivity contribution is 7.18. The van der Waals surface area contributed by atoms with Gasteiger partial charge in [-0.3, -0.25) is 4.79 Å². The van der Waals surface area contributed by atoms with Gasteiger partial charge in [0, 0.05) is 12.1 Å². The minimum Gasteiger partial charge on any atom is -0.326 e. The van der Waals surface area contributed by atoms with Crippen molar-refractivity contribution < 1.29 is 4.79 Å². The Morgan fingerprint density at radius 1 is 1.38 bits per heavy atom. The summed E-state index contributed by atoms with van der Waals surface area (Å²) in [6, 6.07) is 5.99. The Morgan fingerprint density at radius 3 is 3.05 bits per heavy atom. The van der Waals surface area contributed by atoms with Gasteiger partial charge >= 0.3 is 0 Å². The molecule has 2 aromatic rings. The molecule has 3 nitrogen and oxygen atoms in total. The highest BCUT2D eigenvalue weighted by Crippen LogP contribution is 2.49. The Morgan fingerprint density at radius 2 is 2.29 bits per heavy atom. The summed E-state index contributed by atoms with van der Waals surface area (Å²) >= 11 is 1.67. The minimum atomic E-state index is 0.174. The van der Waals surface area contributed by atoms with E-state index >= 15 is 0 Å². The molecule has 0 aliphatic heterocycles. The molecule has 110 valence electrons. The first-order valence-electron chi connectivity index (χ1n) is 7.84. The Hall–Kier alpha value is -1.42. The van der Waals surface area contributed by atoms with Crippen molar-refractivity contribution >= 4 is 33.1 Å². The van der Waals surface area contributed by atoms with Crippen molar-refractivity contribution in [1.82, 2.24) is 4.98 Å². The molecule has 1 aromatic carbocycles. The van der Waals surface area contributed by atoms with Gasteiger partial charge < -0.3 is 5.32 Å². The first-order chi connectivity index (χ1) is 10.2. The Labute approximate surface area is 128 Å². The van der Waals surface area contributed by atoms with Crippen LogP contribution in [0.25, 0.3) is 10.2 Å². The molecule has 2 aliphatic rings. The number of hydrogen-bond acceptors (Lipinski definition) is 3. The van der Waals surface area contributed by atoms with Crippen molar-refractivity contribution in [3.05, 3.63) is 23.2 Å². The van der Waals surface area contributed by atoms with Gasteiger partial charge in [0.1, 0.15) is 0 Å². The molecule has 2 saturated carbocycles. The smallest absolute Gasteiger partial charge is 0.224 e. The lowest BCUT2D eigenvalue weighted by Crippen LogP contribution is -2.20. The molecule has 2 fully saturated rings. The molecule has 2 aliphatic carbocycles. The van der Waals surface area contributed by atoms with Gasteiger partial charge in [-0.2, -0.15) is 0 Å². The van der Waals surface area contributed by atoms with Crippen LogP contribution in [0.15, 0.2) is 18.2 Å². The highest BCUT2D eigenvalue weighted by Gasteiger charge is 2.40. The van der Waals surface area contributed by atoms with E-state index in [9.17, 15) is 4.79 Å². The quantitative estimate of drug-likeness (QED) is 0.914. The number of carbonyl (C=O) groups excluding carboxylic acids is 1. The average Bonchev–Trinajstić information content (AvgIpc) is 3.11. The second-order valence-corrected chi connectivity index (χ2v) is 7.84. The third kappa shape index (κ3) is 2.57. The van der Waals surface area contributed by atoms with Gasteiger partial charge in [-0.1, -0.05) is 6.42 Å². The molecule has 21 heavy (non-hydrogen) atoms. The lowest BCUT2D eigenvalue weighted by molar-refractivity contribution is -0.117. The van der Waals surface area contributed by atoms with Gasteiger partial charge in [0.25, 0.3) is 0 Å².